The van der Waals surface area contributed by atoms with Crippen LogP contribution in [0.1, 0.15) is 54.4 Å². The Hall–Kier alpha value is -1.51. The highest BCUT2D eigenvalue weighted by molar-refractivity contribution is 6.99. The van der Waals surface area contributed by atoms with Crippen LogP contribution in [-0.2, 0) is 8.85 Å². The smallest absolute Gasteiger partial charge is 0.261 e. The molecule has 0 spiro atoms. The maximum absolute atomic E-state index is 11.0. The van der Waals surface area contributed by atoms with Gasteiger partial charge in [0.05, 0.1) is 18.3 Å². The quantitative estimate of drug-likeness (QED) is 0.392. The van der Waals surface area contributed by atoms with E-state index in [0.29, 0.717) is 6.42 Å². The maximum Gasteiger partial charge on any atom is 0.261 e. The van der Waals surface area contributed by atoms with Crippen molar-refractivity contribution < 1.29 is 14.0 Å². The summed E-state index contributed by atoms with van der Waals surface area (Å²) in [6, 6.07) is 21.3. The fourth-order valence-corrected chi connectivity index (χ4v) is 10.9. The van der Waals surface area contributed by atoms with Crippen LogP contribution in [0.2, 0.25) is 23.2 Å². The third kappa shape index (κ3) is 5.34. The Morgan fingerprint density at radius 2 is 1.24 bits per heavy atom. The van der Waals surface area contributed by atoms with Crippen LogP contribution in [-0.4, -0.2) is 40.1 Å². The Morgan fingerprint density at radius 3 is 1.65 bits per heavy atom. The minimum absolute atomic E-state index is 0.0374. The van der Waals surface area contributed by atoms with Crippen molar-refractivity contribution in [3.8, 4) is 0 Å². The lowest BCUT2D eigenvalue weighted by Crippen LogP contribution is -2.68. The first kappa shape index (κ1) is 27.1. The highest BCUT2D eigenvalue weighted by Gasteiger charge is 2.53. The third-order valence-electron chi connectivity index (χ3n) is 7.81. The lowest BCUT2D eigenvalue weighted by molar-refractivity contribution is 0.0281. The molecule has 0 amide bonds. The summed E-state index contributed by atoms with van der Waals surface area (Å²) in [5, 5.41) is 13.5. The van der Waals surface area contributed by atoms with Gasteiger partial charge in [-0.05, 0) is 39.1 Å². The molecule has 0 unspecified atom stereocenters. The van der Waals surface area contributed by atoms with Crippen molar-refractivity contribution in [1.29, 1.82) is 0 Å². The second kappa shape index (κ2) is 9.86. The van der Waals surface area contributed by atoms with Crippen LogP contribution in [0.4, 0.5) is 0 Å². The van der Waals surface area contributed by atoms with E-state index in [0.717, 1.165) is 12.0 Å². The number of aliphatic hydroxyl groups is 1. The number of hydrogen-bond acceptors (Lipinski definition) is 3. The van der Waals surface area contributed by atoms with E-state index in [2.05, 4.69) is 122 Å². The Balaban J connectivity index is 2.05. The van der Waals surface area contributed by atoms with Gasteiger partial charge in [0.2, 0.25) is 0 Å². The Kier molecular flexibility index (Phi) is 7.86. The van der Waals surface area contributed by atoms with Gasteiger partial charge in [-0.25, -0.2) is 0 Å². The molecule has 2 aromatic rings. The van der Waals surface area contributed by atoms with Crippen LogP contribution in [0.25, 0.3) is 0 Å². The van der Waals surface area contributed by atoms with Crippen LogP contribution < -0.4 is 10.4 Å². The molecular weight excluding hydrogens is 452 g/mol. The van der Waals surface area contributed by atoms with E-state index in [1.807, 2.05) is 0 Å². The van der Waals surface area contributed by atoms with Gasteiger partial charge < -0.3 is 14.0 Å². The molecule has 0 radical (unpaired) electrons. The molecule has 1 fully saturated rings. The Labute approximate surface area is 209 Å². The molecule has 3 rings (SSSR count). The van der Waals surface area contributed by atoms with Crippen molar-refractivity contribution in [3.63, 3.8) is 0 Å². The second-order valence-electron chi connectivity index (χ2n) is 12.3. The molecule has 3 nitrogen and oxygen atoms in total. The van der Waals surface area contributed by atoms with E-state index >= 15 is 0 Å². The van der Waals surface area contributed by atoms with Crippen LogP contribution >= 0.6 is 0 Å². The first-order valence-electron chi connectivity index (χ1n) is 12.5. The van der Waals surface area contributed by atoms with Gasteiger partial charge in [0.25, 0.3) is 8.32 Å². The van der Waals surface area contributed by atoms with E-state index < -0.39 is 22.7 Å². The minimum atomic E-state index is -2.75. The van der Waals surface area contributed by atoms with Crippen LogP contribution in [0.5, 0.6) is 0 Å². The molecule has 1 aliphatic carbocycles. The number of hydrogen-bond donors (Lipinski definition) is 1. The standard InChI is InChI=1S/C29H44O3Si2/c1-22-26(30)20-23(31-33(8,9)28(2,3)4)21-27(22)32-34(29(5,6)7,24-16-12-10-13-17-24)25-18-14-11-15-19-25/h10-19,23,26-27,30H,1,20-21H2,2-9H3/t23-,26-,27-/m1/s1. The first-order chi connectivity index (χ1) is 15.7. The lowest BCUT2D eigenvalue weighted by Gasteiger charge is -2.48. The number of benzene rings is 2. The van der Waals surface area contributed by atoms with Crippen molar-refractivity contribution in [3.05, 3.63) is 72.8 Å². The zero-order valence-electron chi connectivity index (χ0n) is 22.4. The van der Waals surface area contributed by atoms with Crippen LogP contribution in [0.3, 0.4) is 0 Å². The van der Waals surface area contributed by atoms with E-state index in [9.17, 15) is 5.11 Å². The summed E-state index contributed by atoms with van der Waals surface area (Å²) < 4.78 is 14.1. The molecule has 0 heterocycles. The zero-order valence-corrected chi connectivity index (χ0v) is 24.4. The lowest BCUT2D eigenvalue weighted by atomic mass is 9.89. The summed E-state index contributed by atoms with van der Waals surface area (Å²) >= 11 is 0. The van der Waals surface area contributed by atoms with Gasteiger partial charge in [0, 0.05) is 12.8 Å². The van der Waals surface area contributed by atoms with Crippen molar-refractivity contribution in [2.24, 2.45) is 0 Å². The molecule has 34 heavy (non-hydrogen) atoms. The van der Waals surface area contributed by atoms with Gasteiger partial charge >= 0.3 is 0 Å². The molecule has 186 valence electrons. The van der Waals surface area contributed by atoms with Gasteiger partial charge in [-0.3, -0.25) is 0 Å². The molecular formula is C29H44O3Si2. The monoisotopic (exact) mass is 496 g/mol. The fraction of sp³-hybridized carbons (Fsp3) is 0.517. The average molecular weight is 497 g/mol. The van der Waals surface area contributed by atoms with Gasteiger partial charge in [-0.2, -0.15) is 0 Å². The van der Waals surface area contributed by atoms with Gasteiger partial charge in [-0.1, -0.05) is 109 Å². The molecule has 1 saturated carbocycles. The van der Waals surface area contributed by atoms with Crippen molar-refractivity contribution >= 4 is 27.0 Å². The second-order valence-corrected chi connectivity index (χ2v) is 21.3. The van der Waals surface area contributed by atoms with Gasteiger partial charge in [0.1, 0.15) is 0 Å². The summed E-state index contributed by atoms with van der Waals surface area (Å²) in [6.45, 7) is 22.5. The average Bonchev–Trinajstić information content (AvgIpc) is 2.74. The van der Waals surface area contributed by atoms with Gasteiger partial charge in [0.15, 0.2) is 8.32 Å². The Bertz CT molecular complexity index is 919. The highest BCUT2D eigenvalue weighted by Crippen LogP contribution is 2.43. The van der Waals surface area contributed by atoms with E-state index in [1.165, 1.54) is 10.4 Å². The normalized spacial score (nSPS) is 22.6. The molecule has 5 heteroatoms. The summed E-state index contributed by atoms with van der Waals surface area (Å²) in [4.78, 5) is 0. The summed E-state index contributed by atoms with van der Waals surface area (Å²) in [6.07, 6.45) is 0.403. The largest absolute Gasteiger partial charge is 0.414 e. The van der Waals surface area contributed by atoms with Crippen molar-refractivity contribution in [2.45, 2.75) is 95.9 Å². The molecule has 3 atom stereocenters. The highest BCUT2D eigenvalue weighted by atomic mass is 28.4. The fourth-order valence-electron chi connectivity index (χ4n) is 4.82. The SMILES string of the molecule is C=C1[C@H](O)C[C@@H](O[Si](C)(C)C(C)(C)C)C[C@H]1O[Si](c1ccccc1)(c1ccccc1)C(C)(C)C. The molecule has 0 saturated heterocycles. The summed E-state index contributed by atoms with van der Waals surface area (Å²) in [5.74, 6) is 0. The van der Waals surface area contributed by atoms with Crippen molar-refractivity contribution in [1.82, 2.24) is 0 Å². The predicted molar refractivity (Wildman–Crippen MR) is 149 cm³/mol. The van der Waals surface area contributed by atoms with Crippen LogP contribution in [0.15, 0.2) is 72.8 Å². The third-order valence-corrected chi connectivity index (χ3v) is 17.4. The van der Waals surface area contributed by atoms with E-state index in [-0.39, 0.29) is 22.3 Å². The number of aliphatic hydroxyl groups excluding tert-OH is 1. The van der Waals surface area contributed by atoms with E-state index in [4.69, 9.17) is 8.85 Å². The number of rotatable bonds is 6. The molecule has 1 aliphatic rings. The summed E-state index contributed by atoms with van der Waals surface area (Å²) in [5.41, 5.74) is 0.781. The molecule has 1 N–H and O–H groups in total. The van der Waals surface area contributed by atoms with Crippen LogP contribution in [0, 0.1) is 0 Å². The predicted octanol–water partition coefficient (Wildman–Crippen LogP) is 6.03. The molecule has 2 aromatic carbocycles. The minimum Gasteiger partial charge on any atom is -0.414 e. The molecule has 0 bridgehead atoms. The van der Waals surface area contributed by atoms with Crippen molar-refractivity contribution in [2.75, 3.05) is 0 Å². The van der Waals surface area contributed by atoms with E-state index in [1.54, 1.807) is 0 Å². The Morgan fingerprint density at radius 1 is 0.765 bits per heavy atom. The summed E-state index contributed by atoms with van der Waals surface area (Å²) in [7, 11) is -4.73. The maximum atomic E-state index is 11.0. The first-order valence-corrected chi connectivity index (χ1v) is 17.3. The molecule has 0 aliphatic heterocycles. The topological polar surface area (TPSA) is 38.7 Å². The van der Waals surface area contributed by atoms with Gasteiger partial charge in [-0.15, -0.1) is 0 Å². The molecule has 0 aromatic heterocycles. The zero-order chi connectivity index (χ0) is 25.4.